The van der Waals surface area contributed by atoms with Gasteiger partial charge in [0.2, 0.25) is 5.69 Å². The first-order chi connectivity index (χ1) is 12.5. The third-order valence-corrected chi connectivity index (χ3v) is 3.11. The summed E-state index contributed by atoms with van der Waals surface area (Å²) >= 11 is 0. The predicted molar refractivity (Wildman–Crippen MR) is 79.8 cm³/mol. The Hall–Kier alpha value is -4.22. The number of benzene rings is 1. The average molecular weight is 386 g/mol. The van der Waals surface area contributed by atoms with Gasteiger partial charge in [0, 0.05) is 12.1 Å². The number of nitrogens with one attached hydrogen (secondary N) is 2. The summed E-state index contributed by atoms with van der Waals surface area (Å²) in [4.78, 5) is 44.3. The number of nitrogens with zero attached hydrogens (tertiary/aromatic N) is 4. The smallest absolute Gasteiger partial charge is 0.278 e. The summed E-state index contributed by atoms with van der Waals surface area (Å²) in [6.07, 6.45) is -4.54. The van der Waals surface area contributed by atoms with Crippen molar-refractivity contribution >= 4 is 17.1 Å². The van der Waals surface area contributed by atoms with Crippen LogP contribution in [0, 0.1) is 31.6 Å². The molecule has 2 N–H and O–H groups in total. The number of hydrogen-bond donors (Lipinski definition) is 2. The summed E-state index contributed by atoms with van der Waals surface area (Å²) in [6.45, 7) is 0. The molecule has 12 nitrogen and oxygen atoms in total. The van der Waals surface area contributed by atoms with Gasteiger partial charge in [0.05, 0.1) is 21.6 Å². The van der Waals surface area contributed by atoms with Crippen molar-refractivity contribution in [2.24, 2.45) is 0 Å². The van der Waals surface area contributed by atoms with Crippen LogP contribution in [0.1, 0.15) is 11.1 Å². The van der Waals surface area contributed by atoms with E-state index in [4.69, 9.17) is 5.26 Å². The lowest BCUT2D eigenvalue weighted by Gasteiger charge is -2.12. The van der Waals surface area contributed by atoms with Crippen LogP contribution in [0.4, 0.5) is 30.2 Å². The molecule has 0 radical (unpaired) electrons. The quantitative estimate of drug-likeness (QED) is 0.580. The monoisotopic (exact) mass is 386 g/mol. The molecule has 0 saturated carbocycles. The van der Waals surface area contributed by atoms with E-state index in [1.54, 1.807) is 4.98 Å². The molecule has 0 atom stereocenters. The normalized spacial score (nSPS) is 10.9. The third kappa shape index (κ3) is 3.73. The van der Waals surface area contributed by atoms with E-state index < -0.39 is 55.5 Å². The molecule has 0 aliphatic rings. The van der Waals surface area contributed by atoms with Gasteiger partial charge in [-0.3, -0.25) is 35.4 Å². The minimum Gasteiger partial charge on any atom is -0.278 e. The Kier molecular flexibility index (Phi) is 4.66. The number of rotatable bonds is 4. The number of halogens is 3. The fraction of sp³-hybridized carbons (Fsp3) is 0.0833. The molecule has 1 aromatic heterocycles. The zero-order valence-corrected chi connectivity index (χ0v) is 12.6. The molecule has 0 saturated heterocycles. The van der Waals surface area contributed by atoms with Crippen LogP contribution < -0.4 is 16.7 Å². The number of alkyl halides is 3. The van der Waals surface area contributed by atoms with Crippen LogP contribution in [0.15, 0.2) is 27.9 Å². The maximum Gasteiger partial charge on any atom is 0.416 e. The van der Waals surface area contributed by atoms with Crippen LogP contribution in [0.2, 0.25) is 0 Å². The number of anilines is 1. The highest BCUT2D eigenvalue weighted by molar-refractivity contribution is 5.74. The van der Waals surface area contributed by atoms with Crippen LogP contribution in [0.5, 0.6) is 0 Å². The molecule has 0 bridgehead atoms. The van der Waals surface area contributed by atoms with Crippen LogP contribution >= 0.6 is 0 Å². The number of nitriles is 1. The summed E-state index contributed by atoms with van der Waals surface area (Å²) in [6, 6.07) is 1.47. The standard InChI is InChI=1S/C12H5F3N6O6/c13-12(14,15)6-1-7(20(24)25)9(8(2-6)21(26)27)18-19-4-5(3-16)10(22)17-11(19)23/h1-2,4,18H,(H,17,22,23). The molecule has 15 heteroatoms. The zero-order valence-electron chi connectivity index (χ0n) is 12.6. The molecule has 140 valence electrons. The molecule has 0 unspecified atom stereocenters. The zero-order chi connectivity index (χ0) is 20.5. The molecular weight excluding hydrogens is 381 g/mol. The highest BCUT2D eigenvalue weighted by Gasteiger charge is 2.38. The Morgan fingerprint density at radius 2 is 1.67 bits per heavy atom. The highest BCUT2D eigenvalue weighted by atomic mass is 19.4. The summed E-state index contributed by atoms with van der Waals surface area (Å²) < 4.78 is 38.8. The molecule has 1 aromatic carbocycles. The van der Waals surface area contributed by atoms with Crippen LogP contribution in [0.3, 0.4) is 0 Å². The van der Waals surface area contributed by atoms with Gasteiger partial charge in [-0.15, -0.1) is 0 Å². The first kappa shape index (κ1) is 19.1. The van der Waals surface area contributed by atoms with Crippen molar-refractivity contribution in [2.75, 3.05) is 5.43 Å². The van der Waals surface area contributed by atoms with Gasteiger partial charge in [0.1, 0.15) is 11.6 Å². The molecule has 2 aromatic rings. The van der Waals surface area contributed by atoms with E-state index in [0.717, 1.165) is 0 Å². The lowest BCUT2D eigenvalue weighted by atomic mass is 10.1. The molecule has 0 amide bonds. The van der Waals surface area contributed by atoms with E-state index in [1.165, 1.54) is 6.07 Å². The van der Waals surface area contributed by atoms with Crippen LogP contribution in [0.25, 0.3) is 0 Å². The van der Waals surface area contributed by atoms with Gasteiger partial charge in [-0.2, -0.15) is 18.4 Å². The lowest BCUT2D eigenvalue weighted by Crippen LogP contribution is -2.35. The minimum atomic E-state index is -5.11. The second-order valence-corrected chi connectivity index (χ2v) is 4.80. The van der Waals surface area contributed by atoms with Crippen LogP contribution in [-0.4, -0.2) is 19.5 Å². The summed E-state index contributed by atoms with van der Waals surface area (Å²) in [5, 5.41) is 31.0. The first-order valence-electron chi connectivity index (χ1n) is 6.53. The Balaban J connectivity index is 2.79. The molecule has 0 fully saturated rings. The van der Waals surface area contributed by atoms with Gasteiger partial charge >= 0.3 is 23.2 Å². The topological polar surface area (TPSA) is 177 Å². The van der Waals surface area contributed by atoms with Crippen molar-refractivity contribution in [1.82, 2.24) is 9.66 Å². The maximum atomic E-state index is 12.8. The number of aromatic nitrogens is 2. The fourth-order valence-corrected chi connectivity index (χ4v) is 1.93. The largest absolute Gasteiger partial charge is 0.416 e. The van der Waals surface area contributed by atoms with E-state index in [0.29, 0.717) is 6.20 Å². The Labute approximate surface area is 144 Å². The van der Waals surface area contributed by atoms with Gasteiger partial charge in [0.15, 0.2) is 0 Å². The molecule has 1 heterocycles. The second-order valence-electron chi connectivity index (χ2n) is 4.80. The summed E-state index contributed by atoms with van der Waals surface area (Å²) in [5.41, 5.74) is -6.55. The Bertz CT molecular complexity index is 1080. The summed E-state index contributed by atoms with van der Waals surface area (Å²) in [5.74, 6) is 0. The van der Waals surface area contributed by atoms with E-state index >= 15 is 0 Å². The fourth-order valence-electron chi connectivity index (χ4n) is 1.93. The third-order valence-electron chi connectivity index (χ3n) is 3.11. The van der Waals surface area contributed by atoms with E-state index in [9.17, 15) is 43.0 Å². The number of H-pyrrole nitrogens is 1. The van der Waals surface area contributed by atoms with Crippen molar-refractivity contribution in [1.29, 1.82) is 5.26 Å². The van der Waals surface area contributed by atoms with Gasteiger partial charge in [-0.25, -0.2) is 9.47 Å². The SMILES string of the molecule is N#Cc1cn(Nc2c([N+](=O)[O-])cc(C(F)(F)F)cc2[N+](=O)[O-])c(=O)[nH]c1=O. The van der Waals surface area contributed by atoms with Crippen molar-refractivity contribution in [3.63, 3.8) is 0 Å². The first-order valence-corrected chi connectivity index (χ1v) is 6.53. The number of nitro groups is 2. The van der Waals surface area contributed by atoms with Crippen molar-refractivity contribution in [3.05, 3.63) is 70.5 Å². The number of hydrogen-bond acceptors (Lipinski definition) is 8. The molecule has 0 aliphatic carbocycles. The van der Waals surface area contributed by atoms with Gasteiger partial charge in [-0.1, -0.05) is 0 Å². The Morgan fingerprint density at radius 3 is 2.07 bits per heavy atom. The molecule has 0 aliphatic heterocycles. The summed E-state index contributed by atoms with van der Waals surface area (Å²) in [7, 11) is 0. The molecule has 27 heavy (non-hydrogen) atoms. The maximum absolute atomic E-state index is 12.8. The Morgan fingerprint density at radius 1 is 1.15 bits per heavy atom. The van der Waals surface area contributed by atoms with E-state index in [1.807, 2.05) is 5.43 Å². The van der Waals surface area contributed by atoms with Crippen LogP contribution in [-0.2, 0) is 6.18 Å². The molecule has 0 spiro atoms. The van der Waals surface area contributed by atoms with Crippen molar-refractivity contribution < 1.29 is 23.0 Å². The highest BCUT2D eigenvalue weighted by Crippen LogP contribution is 2.41. The second kappa shape index (κ2) is 6.59. The predicted octanol–water partition coefficient (Wildman–Crippen LogP) is 1.12. The van der Waals surface area contributed by atoms with Gasteiger partial charge < -0.3 is 0 Å². The number of aromatic amines is 1. The van der Waals surface area contributed by atoms with E-state index in [2.05, 4.69) is 0 Å². The lowest BCUT2D eigenvalue weighted by molar-refractivity contribution is -0.392. The molecule has 2 rings (SSSR count). The minimum absolute atomic E-state index is 0.0389. The van der Waals surface area contributed by atoms with Crippen molar-refractivity contribution in [3.8, 4) is 6.07 Å². The van der Waals surface area contributed by atoms with Gasteiger partial charge in [-0.05, 0) is 0 Å². The number of nitro benzene ring substituents is 2. The van der Waals surface area contributed by atoms with Crippen molar-refractivity contribution in [2.45, 2.75) is 6.18 Å². The van der Waals surface area contributed by atoms with E-state index in [-0.39, 0.29) is 16.8 Å². The molecular formula is C12H5F3N6O6. The van der Waals surface area contributed by atoms with Gasteiger partial charge in [0.25, 0.3) is 5.56 Å². The average Bonchev–Trinajstić information content (AvgIpc) is 2.55.